The van der Waals surface area contributed by atoms with Gasteiger partial charge in [-0.15, -0.1) is 6.58 Å². The molecule has 0 bridgehead atoms. The van der Waals surface area contributed by atoms with E-state index in [0.717, 1.165) is 0 Å². The molecular weight excluding hydrogens is 272 g/mol. The smallest absolute Gasteiger partial charge is 0.411 e. The van der Waals surface area contributed by atoms with Crippen molar-refractivity contribution in [1.82, 2.24) is 4.90 Å². The number of carbonyl (C=O) groups excluding carboxylic acids is 2. The van der Waals surface area contributed by atoms with Crippen molar-refractivity contribution in [3.8, 4) is 5.75 Å². The Morgan fingerprint density at radius 1 is 1.48 bits per heavy atom. The second-order valence-electron chi connectivity index (χ2n) is 4.61. The minimum Gasteiger partial charge on any atom is -0.481 e. The fraction of sp³-hybridized carbons (Fsp3) is 0.333. The van der Waals surface area contributed by atoms with Gasteiger partial charge in [0.2, 0.25) is 0 Å². The summed E-state index contributed by atoms with van der Waals surface area (Å²) in [6, 6.07) is 6.78. The predicted octanol–water partition coefficient (Wildman–Crippen LogP) is 2.03. The summed E-state index contributed by atoms with van der Waals surface area (Å²) in [4.78, 5) is 24.8. The average Bonchev–Trinajstić information content (AvgIpc) is 2.83. The lowest BCUT2D eigenvalue weighted by Gasteiger charge is -2.15. The summed E-state index contributed by atoms with van der Waals surface area (Å²) in [5.41, 5.74) is 0.597. The highest BCUT2D eigenvalue weighted by Crippen LogP contribution is 2.21. The van der Waals surface area contributed by atoms with Gasteiger partial charge in [-0.25, -0.2) is 4.79 Å². The van der Waals surface area contributed by atoms with Gasteiger partial charge < -0.3 is 14.4 Å². The maximum atomic E-state index is 12.0. The number of ether oxygens (including phenoxy) is 2. The molecule has 1 fully saturated rings. The summed E-state index contributed by atoms with van der Waals surface area (Å²) in [5, 5.41) is 2.54. The van der Waals surface area contributed by atoms with Crippen molar-refractivity contribution in [2.24, 2.45) is 0 Å². The number of nitrogens with one attached hydrogen (secondary N) is 1. The van der Waals surface area contributed by atoms with Crippen molar-refractivity contribution in [2.45, 2.75) is 12.5 Å². The molecule has 1 saturated heterocycles. The number of nitrogens with zero attached hydrogens (tertiary/aromatic N) is 1. The molecule has 1 aliphatic heterocycles. The normalized spacial score (nSPS) is 17.5. The molecule has 1 aromatic rings. The monoisotopic (exact) mass is 290 g/mol. The summed E-state index contributed by atoms with van der Waals surface area (Å²) >= 11 is 0. The van der Waals surface area contributed by atoms with Gasteiger partial charge in [0, 0.05) is 25.2 Å². The van der Waals surface area contributed by atoms with Gasteiger partial charge in [-0.2, -0.15) is 0 Å². The van der Waals surface area contributed by atoms with Crippen molar-refractivity contribution in [3.63, 3.8) is 0 Å². The van der Waals surface area contributed by atoms with Gasteiger partial charge in [-0.3, -0.25) is 10.1 Å². The first-order valence-electron chi connectivity index (χ1n) is 6.65. The number of hydrogen-bond acceptors (Lipinski definition) is 4. The minimum absolute atomic E-state index is 0.0216. The average molecular weight is 290 g/mol. The van der Waals surface area contributed by atoms with Crippen molar-refractivity contribution >= 4 is 17.7 Å². The number of likely N-dealkylation sites (tertiary alicyclic amines) is 1. The Morgan fingerprint density at radius 2 is 2.19 bits per heavy atom. The lowest BCUT2D eigenvalue weighted by molar-refractivity contribution is -0.132. The zero-order chi connectivity index (χ0) is 15.2. The molecule has 6 nitrogen and oxygen atoms in total. The fourth-order valence-corrected chi connectivity index (χ4v) is 2.11. The van der Waals surface area contributed by atoms with Crippen LogP contribution in [0.5, 0.6) is 5.75 Å². The fourth-order valence-electron chi connectivity index (χ4n) is 2.11. The number of carbonyl (C=O) groups is 2. The maximum absolute atomic E-state index is 12.0. The highest BCUT2D eigenvalue weighted by Gasteiger charge is 2.32. The van der Waals surface area contributed by atoms with E-state index in [4.69, 9.17) is 4.74 Å². The van der Waals surface area contributed by atoms with Crippen molar-refractivity contribution in [3.05, 3.63) is 36.9 Å². The van der Waals surface area contributed by atoms with E-state index in [9.17, 15) is 9.59 Å². The van der Waals surface area contributed by atoms with Crippen LogP contribution in [0, 0.1) is 0 Å². The standard InChI is InChI=1S/C15H18N2O4/c1-3-9-17-10-8-13(14(17)18)21-12-6-4-11(5-7-12)16-15(19)20-2/h3-7,13H,1,8-10H2,2H3,(H,16,19). The van der Waals surface area contributed by atoms with Crippen LogP contribution in [0.3, 0.4) is 0 Å². The molecule has 2 rings (SSSR count). The van der Waals surface area contributed by atoms with Crippen molar-refractivity contribution < 1.29 is 19.1 Å². The van der Waals surface area contributed by atoms with Gasteiger partial charge in [0.25, 0.3) is 5.91 Å². The van der Waals surface area contributed by atoms with Crippen LogP contribution in [0.25, 0.3) is 0 Å². The van der Waals surface area contributed by atoms with Crippen LogP contribution in [0.2, 0.25) is 0 Å². The quantitative estimate of drug-likeness (QED) is 0.843. The van der Waals surface area contributed by atoms with Gasteiger partial charge in [0.15, 0.2) is 6.10 Å². The van der Waals surface area contributed by atoms with Crippen molar-refractivity contribution in [2.75, 3.05) is 25.5 Å². The molecule has 2 amide bonds. The summed E-state index contributed by atoms with van der Waals surface area (Å²) in [5.74, 6) is 0.566. The Kier molecular flexibility index (Phi) is 4.81. The Bertz CT molecular complexity index is 527. The van der Waals surface area contributed by atoms with Crippen molar-refractivity contribution in [1.29, 1.82) is 0 Å². The highest BCUT2D eigenvalue weighted by molar-refractivity contribution is 5.85. The third-order valence-corrected chi connectivity index (χ3v) is 3.16. The lowest BCUT2D eigenvalue weighted by atomic mass is 10.2. The Morgan fingerprint density at radius 3 is 2.81 bits per heavy atom. The lowest BCUT2D eigenvalue weighted by Crippen LogP contribution is -2.32. The van der Waals surface area contributed by atoms with Crippen LogP contribution < -0.4 is 10.1 Å². The Hall–Kier alpha value is -2.50. The second-order valence-corrected chi connectivity index (χ2v) is 4.61. The SMILES string of the molecule is C=CCN1CCC(Oc2ccc(NC(=O)OC)cc2)C1=O. The summed E-state index contributed by atoms with van der Waals surface area (Å²) in [6.07, 6.45) is 1.38. The molecule has 1 N–H and O–H groups in total. The maximum Gasteiger partial charge on any atom is 0.411 e. The molecule has 112 valence electrons. The van der Waals surface area contributed by atoms with E-state index in [1.54, 1.807) is 35.2 Å². The molecule has 6 heteroatoms. The van der Waals surface area contributed by atoms with Gasteiger partial charge in [-0.05, 0) is 24.3 Å². The molecule has 0 aromatic heterocycles. The molecule has 1 atom stereocenters. The first-order valence-corrected chi connectivity index (χ1v) is 6.65. The van der Waals surface area contributed by atoms with E-state index in [0.29, 0.717) is 30.9 Å². The largest absolute Gasteiger partial charge is 0.481 e. The van der Waals surface area contributed by atoms with E-state index in [2.05, 4.69) is 16.6 Å². The zero-order valence-electron chi connectivity index (χ0n) is 11.9. The number of hydrogen-bond donors (Lipinski definition) is 1. The van der Waals surface area contributed by atoms with Crippen LogP contribution in [-0.4, -0.2) is 43.2 Å². The highest BCUT2D eigenvalue weighted by atomic mass is 16.5. The first kappa shape index (κ1) is 14.9. The Balaban J connectivity index is 1.93. The van der Waals surface area contributed by atoms with E-state index in [1.807, 2.05) is 0 Å². The van der Waals surface area contributed by atoms with Gasteiger partial charge >= 0.3 is 6.09 Å². The van der Waals surface area contributed by atoms with Crippen LogP contribution in [0.4, 0.5) is 10.5 Å². The number of rotatable bonds is 5. The molecular formula is C15H18N2O4. The summed E-state index contributed by atoms with van der Waals surface area (Å²) < 4.78 is 10.2. The topological polar surface area (TPSA) is 67.9 Å². The van der Waals surface area contributed by atoms with E-state index in [1.165, 1.54) is 7.11 Å². The molecule has 0 spiro atoms. The number of anilines is 1. The summed E-state index contributed by atoms with van der Waals surface area (Å²) in [7, 11) is 1.30. The Labute approximate surface area is 123 Å². The summed E-state index contributed by atoms with van der Waals surface area (Å²) in [6.45, 7) is 4.85. The number of amides is 2. The molecule has 1 aliphatic rings. The first-order chi connectivity index (χ1) is 10.1. The third kappa shape index (κ3) is 3.75. The van der Waals surface area contributed by atoms with Gasteiger partial charge in [-0.1, -0.05) is 6.08 Å². The van der Waals surface area contributed by atoms with Gasteiger partial charge in [0.1, 0.15) is 5.75 Å². The predicted molar refractivity (Wildman–Crippen MR) is 78.3 cm³/mol. The van der Waals surface area contributed by atoms with E-state index in [-0.39, 0.29) is 5.91 Å². The molecule has 21 heavy (non-hydrogen) atoms. The van der Waals surface area contributed by atoms with Crippen LogP contribution >= 0.6 is 0 Å². The van der Waals surface area contributed by atoms with E-state index < -0.39 is 12.2 Å². The number of benzene rings is 1. The molecule has 0 saturated carbocycles. The van der Waals surface area contributed by atoms with E-state index >= 15 is 0 Å². The van der Waals surface area contributed by atoms with Crippen LogP contribution in [-0.2, 0) is 9.53 Å². The third-order valence-electron chi connectivity index (χ3n) is 3.16. The molecule has 1 heterocycles. The molecule has 1 unspecified atom stereocenters. The number of methoxy groups -OCH3 is 1. The van der Waals surface area contributed by atoms with Gasteiger partial charge in [0.05, 0.1) is 7.11 Å². The zero-order valence-corrected chi connectivity index (χ0v) is 11.9. The minimum atomic E-state index is -0.533. The van der Waals surface area contributed by atoms with Crippen LogP contribution in [0.15, 0.2) is 36.9 Å². The molecule has 0 radical (unpaired) electrons. The molecule has 0 aliphatic carbocycles. The molecule has 1 aromatic carbocycles. The van der Waals surface area contributed by atoms with Crippen LogP contribution in [0.1, 0.15) is 6.42 Å². The second kappa shape index (κ2) is 6.78.